The zero-order chi connectivity index (χ0) is 67.1. The molecule has 0 radical (unpaired) electrons. The first-order valence-electron chi connectivity index (χ1n) is 30.2. The lowest BCUT2D eigenvalue weighted by molar-refractivity contribution is 0.664. The Hall–Kier alpha value is -7.92. The summed E-state index contributed by atoms with van der Waals surface area (Å²) >= 11 is 23.6. The Morgan fingerprint density at radius 1 is 0.439 bits per heavy atom. The van der Waals surface area contributed by atoms with Crippen LogP contribution >= 0.6 is 138 Å². The van der Waals surface area contributed by atoms with E-state index in [1.165, 1.54) is 84.4 Å². The highest BCUT2D eigenvalue weighted by molar-refractivity contribution is 8.02. The second-order valence-corrected chi connectivity index (χ2v) is 34.2. The number of anilines is 2. The lowest BCUT2D eigenvalue weighted by atomic mass is 10.1. The zero-order valence-electron chi connectivity index (χ0n) is 52.7. The average Bonchev–Trinajstić information content (AvgIpc) is 1.68. The van der Waals surface area contributed by atoms with Crippen LogP contribution in [0.4, 0.5) is 10.3 Å². The topological polar surface area (TPSA) is 248 Å². The molecule has 1 aliphatic rings. The van der Waals surface area contributed by atoms with Crippen LogP contribution < -0.4 is 10.6 Å². The number of aryl methyl sites for hydroxylation is 5. The first-order valence-corrected chi connectivity index (χ1v) is 39.6. The van der Waals surface area contributed by atoms with Crippen molar-refractivity contribution >= 4 is 189 Å². The Balaban J connectivity index is 0.000000112. The first-order chi connectivity index (χ1) is 47.9. The van der Waals surface area contributed by atoms with Gasteiger partial charge in [0.2, 0.25) is 15.4 Å². The molecule has 4 aromatic carbocycles. The molecule has 20 nitrogen and oxygen atoms in total. The van der Waals surface area contributed by atoms with Crippen LogP contribution in [0.15, 0.2) is 185 Å². The van der Waals surface area contributed by atoms with Gasteiger partial charge in [-0.15, -0.1) is 81.0 Å². The standard InChI is InChI=1S/C18H15N5S3.C18H17N5S3.C15H9ClN4S3.C15H12N6S2/c1-10-2-4-11(5-3-10)14-8-13-15(24-14)16(20-9-19-13)25-18-23-22-17(26-18)21-12-6-7-12;1-3-8-19-17-22-23-18(26-17)25-16-15-13(20-10-21-16)9-14(24-15)12-6-4-11(2)5-7-12;1-8-19-20-15(21-8)23-14-13-11(17-7-18-14)6-12(22-13)9-2-4-10(16)5-3-9;1-9-3-5-10(6-4-9)12-7-11-13(22-12)14(17-8-16-11)23-15-18-19-20-21(15)2/h2-5,8-9,12H,6-7H2,1H3,(H,21,22);4-7,9-10H,3,8H2,1-2H3,(H,19,22);2-7H,1H3;3-8H,1-2H3. The van der Waals surface area contributed by atoms with Gasteiger partial charge in [0.05, 0.1) is 40.9 Å². The molecule has 490 valence electrons. The molecule has 12 aromatic heterocycles. The summed E-state index contributed by atoms with van der Waals surface area (Å²) in [5.41, 5.74) is 12.3. The summed E-state index contributed by atoms with van der Waals surface area (Å²) in [5, 5.41) is 51.1. The number of thiophene rings is 4. The minimum absolute atomic E-state index is 0.584. The van der Waals surface area contributed by atoms with Gasteiger partial charge in [-0.1, -0.05) is 154 Å². The van der Waals surface area contributed by atoms with E-state index in [4.69, 9.17) is 11.6 Å². The predicted octanol–water partition coefficient (Wildman–Crippen LogP) is 19.4. The summed E-state index contributed by atoms with van der Waals surface area (Å²) in [5.74, 6) is 0. The van der Waals surface area contributed by atoms with Gasteiger partial charge in [0, 0.05) is 44.2 Å². The summed E-state index contributed by atoms with van der Waals surface area (Å²) in [7, 11) is 1.81. The van der Waals surface area contributed by atoms with Crippen LogP contribution in [0.3, 0.4) is 0 Å². The fourth-order valence-corrected chi connectivity index (χ4v) is 20.2. The van der Waals surface area contributed by atoms with Crippen molar-refractivity contribution in [1.82, 2.24) is 90.7 Å². The van der Waals surface area contributed by atoms with Gasteiger partial charge in [-0.25, -0.2) is 44.6 Å². The number of nitrogens with one attached hydrogen (secondary N) is 2. The molecule has 0 bridgehead atoms. The third-order valence-corrected chi connectivity index (χ3v) is 26.6. The van der Waals surface area contributed by atoms with Gasteiger partial charge in [-0.05, 0) is 163 Å². The Labute approximate surface area is 611 Å². The van der Waals surface area contributed by atoms with Crippen molar-refractivity contribution in [2.24, 2.45) is 7.05 Å². The number of hydrogen-bond acceptors (Lipinski definition) is 30. The van der Waals surface area contributed by atoms with Crippen LogP contribution in [0, 0.1) is 27.7 Å². The third kappa shape index (κ3) is 16.7. The first kappa shape index (κ1) is 67.3. The van der Waals surface area contributed by atoms with Crippen molar-refractivity contribution in [1.29, 1.82) is 0 Å². The number of tetrazole rings is 1. The molecular weight excluding hydrogens is 1460 g/mol. The molecule has 12 heterocycles. The van der Waals surface area contributed by atoms with E-state index in [0.717, 1.165) is 118 Å². The highest BCUT2D eigenvalue weighted by atomic mass is 35.5. The Kier molecular flexibility index (Phi) is 21.3. The molecule has 0 unspecified atom stereocenters. The molecule has 1 saturated carbocycles. The SMILES string of the molecule is CCCNc1nnc(Sc2ncnc3cc(-c4ccc(C)cc4)sc23)s1.Cc1ccc(-c2cc3ncnc(Sc4nnc(NC5CC5)s4)c3s2)cc1.Cc1ccc(-c2cc3ncnc(Sc4nnnn4C)c3s2)cc1.Cc1nnc(Sc2ncnc3cc(-c4ccc(Cl)cc4)sc23)s1. The normalized spacial score (nSPS) is 11.9. The number of halogens is 1. The van der Waals surface area contributed by atoms with Crippen LogP contribution in [-0.4, -0.2) is 103 Å². The zero-order valence-corrected chi connectivity index (χ0v) is 62.4. The molecule has 0 amide bonds. The summed E-state index contributed by atoms with van der Waals surface area (Å²) in [4.78, 5) is 40.1. The third-order valence-electron chi connectivity index (χ3n) is 14.3. The number of rotatable bonds is 17. The van der Waals surface area contributed by atoms with Crippen molar-refractivity contribution in [3.63, 3.8) is 0 Å². The van der Waals surface area contributed by atoms with Gasteiger partial charge in [-0.2, -0.15) is 0 Å². The largest absolute Gasteiger partial charge is 0.360 e. The van der Waals surface area contributed by atoms with Crippen LogP contribution in [0.25, 0.3) is 82.6 Å². The second kappa shape index (κ2) is 31.1. The molecule has 0 aliphatic heterocycles. The lowest BCUT2D eigenvalue weighted by Gasteiger charge is -1.99. The smallest absolute Gasteiger partial charge is 0.215 e. The molecule has 98 heavy (non-hydrogen) atoms. The van der Waals surface area contributed by atoms with Crippen molar-refractivity contribution in [3.8, 4) is 41.8 Å². The van der Waals surface area contributed by atoms with Crippen LogP contribution in [-0.2, 0) is 7.05 Å². The summed E-state index contributed by atoms with van der Waals surface area (Å²) in [6.45, 7) is 11.3. The van der Waals surface area contributed by atoms with E-state index >= 15 is 0 Å². The minimum atomic E-state index is 0.584. The average molecular weight is 1510 g/mol. The van der Waals surface area contributed by atoms with Crippen molar-refractivity contribution < 1.29 is 0 Å². The molecule has 1 aliphatic carbocycles. The lowest BCUT2D eigenvalue weighted by Crippen LogP contribution is -1.99. The molecule has 0 saturated heterocycles. The molecule has 17 rings (SSSR count). The van der Waals surface area contributed by atoms with Crippen molar-refractivity contribution in [2.75, 3.05) is 17.2 Å². The van der Waals surface area contributed by atoms with Gasteiger partial charge in [0.1, 0.15) is 50.4 Å². The van der Waals surface area contributed by atoms with Gasteiger partial charge in [0.25, 0.3) is 0 Å². The molecule has 2 N–H and O–H groups in total. The molecule has 0 atom stereocenters. The predicted molar refractivity (Wildman–Crippen MR) is 406 cm³/mol. The van der Waals surface area contributed by atoms with Gasteiger partial charge < -0.3 is 10.6 Å². The number of fused-ring (bicyclic) bond motifs is 4. The summed E-state index contributed by atoms with van der Waals surface area (Å²) in [6, 6.07) is 42.5. The maximum Gasteiger partial charge on any atom is 0.215 e. The van der Waals surface area contributed by atoms with E-state index in [-0.39, 0.29) is 0 Å². The molecular formula is C66H53ClN20S11. The Morgan fingerprint density at radius 2 is 0.816 bits per heavy atom. The number of aromatic nitrogens is 18. The Bertz CT molecular complexity index is 5370. The molecule has 1 fully saturated rings. The maximum atomic E-state index is 5.96. The van der Waals surface area contributed by atoms with Gasteiger partial charge in [-0.3, -0.25) is 0 Å². The second-order valence-electron chi connectivity index (χ2n) is 21.8. The van der Waals surface area contributed by atoms with Gasteiger partial charge >= 0.3 is 0 Å². The van der Waals surface area contributed by atoms with E-state index in [0.29, 0.717) is 11.2 Å². The van der Waals surface area contributed by atoms with Crippen LogP contribution in [0.2, 0.25) is 5.02 Å². The van der Waals surface area contributed by atoms with Crippen LogP contribution in [0.5, 0.6) is 0 Å². The highest BCUT2D eigenvalue weighted by Crippen LogP contribution is 2.45. The maximum absolute atomic E-state index is 5.96. The minimum Gasteiger partial charge on any atom is -0.360 e. The van der Waals surface area contributed by atoms with Gasteiger partial charge in [0.15, 0.2) is 13.0 Å². The fourth-order valence-electron chi connectivity index (χ4n) is 9.19. The van der Waals surface area contributed by atoms with E-state index in [1.807, 2.05) is 38.2 Å². The molecule has 32 heteroatoms. The Morgan fingerprint density at radius 3 is 1.19 bits per heavy atom. The highest BCUT2D eigenvalue weighted by Gasteiger charge is 2.24. The number of nitrogens with zero attached hydrogens (tertiary/aromatic N) is 18. The van der Waals surface area contributed by atoms with E-state index < -0.39 is 0 Å². The fraction of sp³-hybridized carbons (Fsp3) is 0.167. The molecule has 16 aromatic rings. The van der Waals surface area contributed by atoms with Crippen molar-refractivity contribution in [2.45, 2.75) is 98.2 Å². The van der Waals surface area contributed by atoms with Crippen molar-refractivity contribution in [3.05, 3.63) is 173 Å². The van der Waals surface area contributed by atoms with E-state index in [2.05, 4.69) is 221 Å². The number of hydrogen-bond donors (Lipinski definition) is 2. The van der Waals surface area contributed by atoms with E-state index in [9.17, 15) is 0 Å². The summed E-state index contributed by atoms with van der Waals surface area (Å²) < 4.78 is 8.61. The summed E-state index contributed by atoms with van der Waals surface area (Å²) in [6.07, 6.45) is 9.94. The quantitative estimate of drug-likeness (QED) is 0.0804. The molecule has 0 spiro atoms. The number of benzene rings is 4. The monoisotopic (exact) mass is 1510 g/mol. The van der Waals surface area contributed by atoms with E-state index in [1.54, 1.807) is 133 Å². The van der Waals surface area contributed by atoms with Crippen LogP contribution in [0.1, 0.15) is 47.9 Å².